The smallest absolute Gasteiger partial charge is 0.870 e. The van der Waals surface area contributed by atoms with E-state index in [-0.39, 0.29) is 29.8 Å². The van der Waals surface area contributed by atoms with Crippen LogP contribution in [0.2, 0.25) is 0 Å². The van der Waals surface area contributed by atoms with E-state index in [9.17, 15) is 49.5 Å². The molecule has 2 aliphatic carbocycles. The molecule has 4 amide bonds. The van der Waals surface area contributed by atoms with Gasteiger partial charge in [0.05, 0.1) is 62.5 Å². The topological polar surface area (TPSA) is 323 Å². The Morgan fingerprint density at radius 2 is 0.892 bits per heavy atom. The maximum absolute atomic E-state index is 13.2. The van der Waals surface area contributed by atoms with Crippen molar-refractivity contribution in [3.8, 4) is 0 Å². The zero-order chi connectivity index (χ0) is 48.9. The van der Waals surface area contributed by atoms with Crippen LogP contribution in [0.25, 0.3) is 87.2 Å². The SMILES string of the molecule is CC(=O)O[C@H]1CCC(n2c3ccccc3c3c4c(c5c6ccccc6[nH]c5c32)C(=O)NC4=O)[C@H](O)[C@@H]1O.O.O=C1NC(=O)c2c1c1c3ccccc3[nH]c1c1c2c2ccccc2n1C1CC[C@H](O)[C@@H](O)[C@H]1O.[Li+].[OH-]. The number of aliphatic hydroxyl groups excluding tert-OH is 5. The van der Waals surface area contributed by atoms with Crippen molar-refractivity contribution in [1.29, 1.82) is 0 Å². The fourth-order valence-electron chi connectivity index (χ4n) is 12.4. The Hall–Kier alpha value is -7.41. The molecule has 10 aromatic rings. The van der Waals surface area contributed by atoms with Crippen molar-refractivity contribution in [3.63, 3.8) is 0 Å². The van der Waals surface area contributed by atoms with Gasteiger partial charge in [0, 0.05) is 72.1 Å². The van der Waals surface area contributed by atoms with Crippen LogP contribution in [-0.4, -0.2) is 122 Å². The summed E-state index contributed by atoms with van der Waals surface area (Å²) in [5, 5.41) is 64.6. The van der Waals surface area contributed by atoms with Gasteiger partial charge in [-0.1, -0.05) is 72.8 Å². The van der Waals surface area contributed by atoms with Gasteiger partial charge in [0.15, 0.2) is 0 Å². The molecule has 12 N–H and O–H groups in total. The minimum atomic E-state index is -1.28. The van der Waals surface area contributed by atoms with Gasteiger partial charge in [-0.15, -0.1) is 0 Å². The molecule has 2 aliphatic heterocycles. The number of para-hydroxylation sites is 4. The van der Waals surface area contributed by atoms with E-state index in [0.717, 1.165) is 43.6 Å². The molecule has 0 spiro atoms. The summed E-state index contributed by atoms with van der Waals surface area (Å²) in [7, 11) is 0. The van der Waals surface area contributed by atoms with E-state index in [4.69, 9.17) is 4.74 Å². The molecule has 372 valence electrons. The van der Waals surface area contributed by atoms with E-state index < -0.39 is 78.3 Å². The van der Waals surface area contributed by atoms with Gasteiger partial charge in [0.2, 0.25) is 0 Å². The van der Waals surface area contributed by atoms with Crippen LogP contribution >= 0.6 is 0 Å². The molecule has 14 rings (SSSR count). The Morgan fingerprint density at radius 3 is 1.34 bits per heavy atom. The number of carbonyl (C=O) groups excluding carboxylic acids is 5. The van der Waals surface area contributed by atoms with Gasteiger partial charge < -0.3 is 60.3 Å². The van der Waals surface area contributed by atoms with Crippen molar-refractivity contribution in [1.82, 2.24) is 29.7 Å². The normalized spacial score (nSPS) is 23.4. The Morgan fingerprint density at radius 1 is 0.514 bits per heavy atom. The van der Waals surface area contributed by atoms with Crippen molar-refractivity contribution in [2.45, 2.75) is 81.3 Å². The summed E-state index contributed by atoms with van der Waals surface area (Å²) in [6.07, 6.45) is -5.26. The molecule has 8 atom stereocenters. The maximum atomic E-state index is 13.2. The predicted molar refractivity (Wildman–Crippen MR) is 269 cm³/mol. The third kappa shape index (κ3) is 6.90. The van der Waals surface area contributed by atoms with Gasteiger partial charge in [0.1, 0.15) is 30.5 Å². The minimum absolute atomic E-state index is 0. The van der Waals surface area contributed by atoms with Crippen molar-refractivity contribution < 1.29 is 84.1 Å². The predicted octanol–water partition coefficient (Wildman–Crippen LogP) is 2.03. The number of aromatic amines is 2. The average molecular weight is 995 g/mol. The van der Waals surface area contributed by atoms with Gasteiger partial charge >= 0.3 is 24.8 Å². The number of hydrogen-bond acceptors (Lipinski definition) is 12. The van der Waals surface area contributed by atoms with Crippen LogP contribution in [0, 0.1) is 0 Å². The second kappa shape index (κ2) is 18.2. The fraction of sp³-hybridized carbons (Fsp3) is 0.241. The number of esters is 1. The van der Waals surface area contributed by atoms with Crippen molar-refractivity contribution in [2.75, 3.05) is 0 Å². The molecule has 2 saturated carbocycles. The number of H-pyrrole nitrogens is 2. The number of carbonyl (C=O) groups is 5. The van der Waals surface area contributed by atoms with E-state index >= 15 is 0 Å². The summed E-state index contributed by atoms with van der Waals surface area (Å²) < 4.78 is 9.20. The number of hydrogen-bond donors (Lipinski definition) is 9. The van der Waals surface area contributed by atoms with Crippen LogP contribution < -0.4 is 29.5 Å². The number of nitrogens with one attached hydrogen (secondary N) is 4. The molecule has 6 heterocycles. The van der Waals surface area contributed by atoms with E-state index in [1.165, 1.54) is 6.92 Å². The standard InChI is InChI=1S/C28H23N3O6.C26H21N3O5.Li.2H2O/c1-12(32)37-18-11-10-17(25(33)26(18)34)31-16-9-5-3-7-14(16)20-22-21(27(35)30-28(22)36)19-13-6-2-4-8-15(13)29-23(19)24(20)31;30-16-10-9-15(23(31)24(16)32)29-14-8-4-2-6-12(14)18-20-19(25(33)28-26(20)34)17-11-5-1-3-7-13(11)27-21(17)22(18)29;;;/h2-9,17-18,25-26,29,33-34H,10-11H2,1H3,(H,30,35,36);1-8,15-16,23-24,27,30-32H,9-10H2,(H,28,33,34);;2*1H2/q;;+1;;/p-1/t17?,18-,25-,26+;15?,16-,23-,24+;;;/m00.../s1. The third-order valence-corrected chi connectivity index (χ3v) is 15.3. The zero-order valence-electron chi connectivity index (χ0n) is 39.7. The number of fused-ring (bicyclic) bond motifs is 20. The molecule has 20 heteroatoms. The van der Waals surface area contributed by atoms with E-state index in [0.29, 0.717) is 91.5 Å². The van der Waals surface area contributed by atoms with Crippen molar-refractivity contribution in [3.05, 3.63) is 119 Å². The van der Waals surface area contributed by atoms with E-state index in [1.807, 2.05) is 106 Å². The number of rotatable bonds is 3. The van der Waals surface area contributed by atoms with Gasteiger partial charge in [-0.3, -0.25) is 34.6 Å². The number of imide groups is 2. The zero-order valence-corrected chi connectivity index (χ0v) is 39.7. The molecule has 2 fully saturated rings. The molecular weight excluding hydrogens is 948 g/mol. The molecule has 74 heavy (non-hydrogen) atoms. The van der Waals surface area contributed by atoms with Crippen molar-refractivity contribution >= 4 is 117 Å². The second-order valence-electron chi connectivity index (χ2n) is 19.1. The molecule has 6 aromatic carbocycles. The quantitative estimate of drug-likeness (QED) is 0.0698. The Balaban J connectivity index is 0.000000163. The van der Waals surface area contributed by atoms with Crippen LogP contribution in [-0.2, 0) is 9.53 Å². The summed E-state index contributed by atoms with van der Waals surface area (Å²) in [5.74, 6) is -2.29. The third-order valence-electron chi connectivity index (χ3n) is 15.3. The number of aromatic nitrogens is 4. The minimum Gasteiger partial charge on any atom is -0.870 e. The summed E-state index contributed by atoms with van der Waals surface area (Å²) in [4.78, 5) is 70.8. The average Bonchev–Trinajstić information content (AvgIpc) is 4.20. The van der Waals surface area contributed by atoms with Crippen LogP contribution in [0.4, 0.5) is 0 Å². The van der Waals surface area contributed by atoms with Gasteiger partial charge in [0.25, 0.3) is 23.6 Å². The molecule has 0 saturated heterocycles. The first-order chi connectivity index (χ1) is 34.3. The summed E-state index contributed by atoms with van der Waals surface area (Å²) in [6.45, 7) is 1.28. The monoisotopic (exact) mass is 994 g/mol. The van der Waals surface area contributed by atoms with Gasteiger partial charge in [-0.25, -0.2) is 0 Å². The van der Waals surface area contributed by atoms with E-state index in [2.05, 4.69) is 20.6 Å². The molecule has 2 unspecified atom stereocenters. The van der Waals surface area contributed by atoms with Crippen LogP contribution in [0.3, 0.4) is 0 Å². The number of amides is 4. The molecule has 0 bridgehead atoms. The van der Waals surface area contributed by atoms with E-state index in [1.54, 1.807) is 0 Å². The number of benzene rings is 6. The summed E-state index contributed by atoms with van der Waals surface area (Å²) in [6, 6.07) is 29.2. The largest absolute Gasteiger partial charge is 1.00 e. The maximum Gasteiger partial charge on any atom is 1.00 e. The summed E-state index contributed by atoms with van der Waals surface area (Å²) in [5.41, 5.74) is 7.29. The molecular formula is C54H47LiN6O13. The van der Waals surface area contributed by atoms with Gasteiger partial charge in [-0.05, 0) is 49.9 Å². The first-order valence-electron chi connectivity index (χ1n) is 23.6. The molecule has 4 aliphatic rings. The first kappa shape index (κ1) is 50.1. The number of nitrogens with zero attached hydrogens (tertiary/aromatic N) is 2. The second-order valence-corrected chi connectivity index (χ2v) is 19.1. The molecule has 0 radical (unpaired) electrons. The first-order valence-corrected chi connectivity index (χ1v) is 23.6. The van der Waals surface area contributed by atoms with Crippen LogP contribution in [0.15, 0.2) is 97.1 Å². The van der Waals surface area contributed by atoms with Crippen molar-refractivity contribution in [2.24, 2.45) is 0 Å². The number of aliphatic hydroxyl groups is 5. The Kier molecular flexibility index (Phi) is 12.3. The van der Waals surface area contributed by atoms with Crippen LogP contribution in [0.1, 0.15) is 86.1 Å². The van der Waals surface area contributed by atoms with Gasteiger partial charge in [-0.2, -0.15) is 0 Å². The fourth-order valence-corrected chi connectivity index (χ4v) is 12.4. The molecule has 4 aromatic heterocycles. The number of ether oxygens (including phenoxy) is 1. The molecule has 19 nitrogen and oxygen atoms in total. The summed E-state index contributed by atoms with van der Waals surface area (Å²) >= 11 is 0. The Bertz CT molecular complexity index is 4040. The van der Waals surface area contributed by atoms with Crippen LogP contribution in [0.5, 0.6) is 0 Å². The Labute approximate surface area is 429 Å².